The van der Waals surface area contributed by atoms with Crippen LogP contribution in [0.5, 0.6) is 5.75 Å². The molecule has 1 aromatic carbocycles. The molecular formula is C14H20N2O3. The van der Waals surface area contributed by atoms with Crippen molar-refractivity contribution in [3.63, 3.8) is 0 Å². The number of rotatable bonds is 6. The Bertz CT molecular complexity index is 472. The summed E-state index contributed by atoms with van der Waals surface area (Å²) in [6.45, 7) is 2.57. The number of nitrogens with one attached hydrogen (secondary N) is 1. The highest BCUT2D eigenvalue weighted by Crippen LogP contribution is 2.20. The third-order valence-electron chi connectivity index (χ3n) is 2.93. The van der Waals surface area contributed by atoms with Gasteiger partial charge < -0.3 is 15.3 Å². The first-order valence-electron chi connectivity index (χ1n) is 6.16. The first kappa shape index (κ1) is 15.2. The highest BCUT2D eigenvalue weighted by atomic mass is 16.3. The summed E-state index contributed by atoms with van der Waals surface area (Å²) < 4.78 is 0. The number of nitrogens with zero attached hydrogens (tertiary/aromatic N) is 1. The molecule has 0 aromatic heterocycles. The van der Waals surface area contributed by atoms with Crippen LogP contribution >= 0.6 is 0 Å². The summed E-state index contributed by atoms with van der Waals surface area (Å²) in [7, 11) is 3.47. The van der Waals surface area contributed by atoms with Gasteiger partial charge in [0.1, 0.15) is 5.75 Å². The van der Waals surface area contributed by atoms with Crippen molar-refractivity contribution in [1.29, 1.82) is 0 Å². The molecule has 0 fully saturated rings. The molecule has 0 saturated carbocycles. The third-order valence-corrected chi connectivity index (χ3v) is 2.93. The average molecular weight is 264 g/mol. The first-order chi connectivity index (χ1) is 8.93. The van der Waals surface area contributed by atoms with Gasteiger partial charge in [-0.25, -0.2) is 0 Å². The van der Waals surface area contributed by atoms with Gasteiger partial charge in [-0.05, 0) is 32.2 Å². The Morgan fingerprint density at radius 2 is 2.05 bits per heavy atom. The maximum atomic E-state index is 11.3. The Morgan fingerprint density at radius 3 is 2.63 bits per heavy atom. The Balaban J connectivity index is 2.67. The highest BCUT2D eigenvalue weighted by Gasteiger charge is 2.09. The summed E-state index contributed by atoms with van der Waals surface area (Å²) in [5, 5.41) is 12.3. The lowest BCUT2D eigenvalue weighted by atomic mass is 10.1. The second kappa shape index (κ2) is 6.89. The van der Waals surface area contributed by atoms with Crippen LogP contribution in [0.3, 0.4) is 0 Å². The van der Waals surface area contributed by atoms with Gasteiger partial charge in [0, 0.05) is 37.7 Å². The summed E-state index contributed by atoms with van der Waals surface area (Å²) in [4.78, 5) is 24.4. The SMILES string of the molecule is CNC(=O)CCN(C)Cc1cc(C(C)=O)ccc1O. The minimum absolute atomic E-state index is 0.0199. The van der Waals surface area contributed by atoms with E-state index >= 15 is 0 Å². The van der Waals surface area contributed by atoms with Crippen LogP contribution in [-0.2, 0) is 11.3 Å². The number of hydrogen-bond donors (Lipinski definition) is 2. The number of phenols is 1. The van der Waals surface area contributed by atoms with Gasteiger partial charge in [-0.3, -0.25) is 9.59 Å². The molecule has 0 aliphatic rings. The number of benzene rings is 1. The summed E-state index contributed by atoms with van der Waals surface area (Å²) >= 11 is 0. The number of hydrogen-bond acceptors (Lipinski definition) is 4. The number of carbonyl (C=O) groups is 2. The fraction of sp³-hybridized carbons (Fsp3) is 0.429. The Labute approximate surface area is 113 Å². The van der Waals surface area contributed by atoms with Crippen molar-refractivity contribution in [2.75, 3.05) is 20.6 Å². The lowest BCUT2D eigenvalue weighted by Crippen LogP contribution is -2.26. The van der Waals surface area contributed by atoms with Crippen LogP contribution in [0.2, 0.25) is 0 Å². The minimum Gasteiger partial charge on any atom is -0.508 e. The van der Waals surface area contributed by atoms with Gasteiger partial charge in [-0.1, -0.05) is 0 Å². The van der Waals surface area contributed by atoms with Crippen molar-refractivity contribution < 1.29 is 14.7 Å². The Morgan fingerprint density at radius 1 is 1.37 bits per heavy atom. The van der Waals surface area contributed by atoms with Crippen molar-refractivity contribution in [3.8, 4) is 5.75 Å². The van der Waals surface area contributed by atoms with Crippen LogP contribution in [0.1, 0.15) is 29.3 Å². The number of aromatic hydroxyl groups is 1. The molecule has 0 bridgehead atoms. The van der Waals surface area contributed by atoms with Crippen LogP contribution in [-0.4, -0.2) is 42.3 Å². The molecule has 104 valence electrons. The number of Topliss-reactive ketones (excluding diaryl/α,β-unsaturated/α-hetero) is 1. The highest BCUT2D eigenvalue weighted by molar-refractivity contribution is 5.94. The van der Waals surface area contributed by atoms with Crippen molar-refractivity contribution in [1.82, 2.24) is 10.2 Å². The van der Waals surface area contributed by atoms with Gasteiger partial charge >= 0.3 is 0 Å². The molecule has 0 spiro atoms. The fourth-order valence-electron chi connectivity index (χ4n) is 1.72. The lowest BCUT2D eigenvalue weighted by Gasteiger charge is -2.17. The molecule has 1 rings (SSSR count). The normalized spacial score (nSPS) is 10.5. The minimum atomic E-state index is -0.0331. The molecule has 5 nitrogen and oxygen atoms in total. The molecule has 0 heterocycles. The average Bonchev–Trinajstić information content (AvgIpc) is 2.38. The van der Waals surface area contributed by atoms with E-state index in [4.69, 9.17) is 0 Å². The van der Waals surface area contributed by atoms with E-state index in [0.29, 0.717) is 30.6 Å². The zero-order valence-corrected chi connectivity index (χ0v) is 11.6. The molecule has 5 heteroatoms. The van der Waals surface area contributed by atoms with Crippen molar-refractivity contribution >= 4 is 11.7 Å². The monoisotopic (exact) mass is 264 g/mol. The van der Waals surface area contributed by atoms with E-state index in [2.05, 4.69) is 5.32 Å². The Hall–Kier alpha value is -1.88. The van der Waals surface area contributed by atoms with Crippen molar-refractivity contribution in [2.24, 2.45) is 0 Å². The Kier molecular flexibility index (Phi) is 5.51. The summed E-state index contributed by atoms with van der Waals surface area (Å²) in [6.07, 6.45) is 0.403. The molecule has 2 N–H and O–H groups in total. The lowest BCUT2D eigenvalue weighted by molar-refractivity contribution is -0.120. The van der Waals surface area contributed by atoms with Crippen molar-refractivity contribution in [2.45, 2.75) is 19.9 Å². The molecule has 0 atom stereocenters. The second-order valence-corrected chi connectivity index (χ2v) is 4.56. The maximum Gasteiger partial charge on any atom is 0.221 e. The van der Waals surface area contributed by atoms with Gasteiger partial charge in [0.05, 0.1) is 0 Å². The molecule has 0 aliphatic heterocycles. The first-order valence-corrected chi connectivity index (χ1v) is 6.16. The summed E-state index contributed by atoms with van der Waals surface area (Å²) in [5.74, 6) is 0.111. The maximum absolute atomic E-state index is 11.3. The fourth-order valence-corrected chi connectivity index (χ4v) is 1.72. The van der Waals surface area contributed by atoms with E-state index in [1.54, 1.807) is 19.2 Å². The predicted molar refractivity (Wildman–Crippen MR) is 73.1 cm³/mol. The quantitative estimate of drug-likeness (QED) is 0.757. The van der Waals surface area contributed by atoms with Crippen LogP contribution in [0, 0.1) is 0 Å². The van der Waals surface area contributed by atoms with Crippen LogP contribution < -0.4 is 5.32 Å². The van der Waals surface area contributed by atoms with Crippen LogP contribution in [0.15, 0.2) is 18.2 Å². The molecule has 0 saturated heterocycles. The zero-order chi connectivity index (χ0) is 14.4. The van der Waals surface area contributed by atoms with Crippen LogP contribution in [0.25, 0.3) is 0 Å². The molecule has 0 radical (unpaired) electrons. The molecule has 1 aromatic rings. The van der Waals surface area contributed by atoms with E-state index in [1.165, 1.54) is 13.0 Å². The van der Waals surface area contributed by atoms with Gasteiger partial charge in [-0.15, -0.1) is 0 Å². The number of amides is 1. The molecule has 19 heavy (non-hydrogen) atoms. The van der Waals surface area contributed by atoms with E-state index in [1.807, 2.05) is 11.9 Å². The molecule has 1 amide bonds. The zero-order valence-electron chi connectivity index (χ0n) is 11.6. The van der Waals surface area contributed by atoms with E-state index in [0.717, 1.165) is 0 Å². The van der Waals surface area contributed by atoms with Gasteiger partial charge in [0.2, 0.25) is 5.91 Å². The number of ketones is 1. The topological polar surface area (TPSA) is 69.6 Å². The smallest absolute Gasteiger partial charge is 0.221 e. The van der Waals surface area contributed by atoms with E-state index in [-0.39, 0.29) is 17.4 Å². The van der Waals surface area contributed by atoms with E-state index in [9.17, 15) is 14.7 Å². The second-order valence-electron chi connectivity index (χ2n) is 4.56. The number of carbonyl (C=O) groups excluding carboxylic acids is 2. The van der Waals surface area contributed by atoms with Gasteiger partial charge in [0.15, 0.2) is 5.78 Å². The van der Waals surface area contributed by atoms with Crippen LogP contribution in [0.4, 0.5) is 0 Å². The predicted octanol–water partition coefficient (Wildman–Crippen LogP) is 1.16. The molecule has 0 unspecified atom stereocenters. The largest absolute Gasteiger partial charge is 0.508 e. The van der Waals surface area contributed by atoms with Gasteiger partial charge in [0.25, 0.3) is 0 Å². The summed E-state index contributed by atoms with van der Waals surface area (Å²) in [6, 6.07) is 4.82. The molecular weight excluding hydrogens is 244 g/mol. The van der Waals surface area contributed by atoms with Gasteiger partial charge in [-0.2, -0.15) is 0 Å². The third kappa shape index (κ3) is 4.71. The number of phenolic OH excluding ortho intramolecular Hbond substituents is 1. The molecule has 0 aliphatic carbocycles. The standard InChI is InChI=1S/C14H20N2O3/c1-10(17)11-4-5-13(18)12(8-11)9-16(3)7-6-14(19)15-2/h4-5,8,18H,6-7,9H2,1-3H3,(H,15,19). The summed E-state index contributed by atoms with van der Waals surface area (Å²) in [5.41, 5.74) is 1.26. The van der Waals surface area contributed by atoms with E-state index < -0.39 is 0 Å². The van der Waals surface area contributed by atoms with Crippen molar-refractivity contribution in [3.05, 3.63) is 29.3 Å².